The van der Waals surface area contributed by atoms with Crippen LogP contribution in [0.15, 0.2) is 30.3 Å². The second kappa shape index (κ2) is 6.97. The monoisotopic (exact) mass is 356 g/mol. The number of morpholine rings is 1. The van der Waals surface area contributed by atoms with Gasteiger partial charge >= 0.3 is 0 Å². The van der Waals surface area contributed by atoms with E-state index in [0.717, 1.165) is 63.5 Å². The van der Waals surface area contributed by atoms with Gasteiger partial charge in [-0.3, -0.25) is 4.79 Å². The number of carbonyl (C=O) groups excluding carboxylic acids is 1. The number of hydrogen-bond acceptors (Lipinski definition) is 3. The molecule has 1 atom stereocenters. The quantitative estimate of drug-likeness (QED) is 0.827. The van der Waals surface area contributed by atoms with Crippen LogP contribution in [0.5, 0.6) is 0 Å². The fraction of sp³-hybridized carbons (Fsp3) is 0.682. The summed E-state index contributed by atoms with van der Waals surface area (Å²) < 4.78 is 6.73. The van der Waals surface area contributed by atoms with Gasteiger partial charge in [0.25, 0.3) is 5.91 Å². The Morgan fingerprint density at radius 3 is 2.50 bits per heavy atom. The van der Waals surface area contributed by atoms with Crippen LogP contribution in [-0.4, -0.2) is 59.6 Å². The number of nitrogens with zero attached hydrogens (tertiary/aromatic N) is 2. The predicted molar refractivity (Wildman–Crippen MR) is 103 cm³/mol. The van der Waals surface area contributed by atoms with E-state index < -0.39 is 0 Å². The number of ether oxygens (including phenoxy) is 1. The molecule has 0 bridgehead atoms. The van der Waals surface area contributed by atoms with Gasteiger partial charge in [-0.05, 0) is 63.2 Å². The lowest BCUT2D eigenvalue weighted by Gasteiger charge is -2.51. The summed E-state index contributed by atoms with van der Waals surface area (Å²) in [7, 11) is 0. The van der Waals surface area contributed by atoms with Crippen LogP contribution in [0.3, 0.4) is 0 Å². The molecule has 0 radical (unpaired) electrons. The lowest BCUT2D eigenvalue weighted by atomic mass is 9.89. The van der Waals surface area contributed by atoms with Crippen molar-refractivity contribution in [2.45, 2.75) is 57.2 Å². The highest BCUT2D eigenvalue weighted by atomic mass is 16.5. The number of amides is 1. The fourth-order valence-electron chi connectivity index (χ4n) is 4.62. The standard InChI is InChI=1S/C22H32N2O2/c1-18(2)9-14-23-13-6-10-22(15-23)17-24(16-21(26-22)11-12-21)20(25)19-7-4-3-5-8-19/h3-5,7-8,18H,6,9-17H2,1-2H3. The molecule has 2 saturated heterocycles. The second-order valence-electron chi connectivity index (χ2n) is 9.06. The lowest BCUT2D eigenvalue weighted by molar-refractivity contribution is -0.182. The molecule has 1 aliphatic carbocycles. The van der Waals surface area contributed by atoms with E-state index in [9.17, 15) is 4.79 Å². The molecule has 1 amide bonds. The number of piperidine rings is 1. The maximum absolute atomic E-state index is 13.1. The SMILES string of the molecule is CC(C)CCN1CCCC2(C1)CN(C(=O)c1ccccc1)CC1(CC1)O2. The first-order valence-corrected chi connectivity index (χ1v) is 10.3. The van der Waals surface area contributed by atoms with Crippen molar-refractivity contribution in [1.29, 1.82) is 0 Å². The van der Waals surface area contributed by atoms with Crippen molar-refractivity contribution in [2.24, 2.45) is 5.92 Å². The molecule has 142 valence electrons. The number of benzene rings is 1. The molecule has 1 aromatic carbocycles. The maximum atomic E-state index is 13.1. The van der Waals surface area contributed by atoms with Gasteiger partial charge in [0.2, 0.25) is 0 Å². The Kier molecular flexibility index (Phi) is 4.83. The van der Waals surface area contributed by atoms with Gasteiger partial charge in [0.15, 0.2) is 0 Å². The van der Waals surface area contributed by atoms with E-state index in [0.29, 0.717) is 0 Å². The first kappa shape index (κ1) is 18.0. The van der Waals surface area contributed by atoms with E-state index in [2.05, 4.69) is 23.6 Å². The predicted octanol–water partition coefficient (Wildman–Crippen LogP) is 3.57. The molecule has 4 rings (SSSR count). The van der Waals surface area contributed by atoms with Crippen LogP contribution in [0.1, 0.15) is 56.3 Å². The minimum Gasteiger partial charge on any atom is -0.364 e. The summed E-state index contributed by atoms with van der Waals surface area (Å²) in [4.78, 5) is 17.7. The van der Waals surface area contributed by atoms with Crippen molar-refractivity contribution in [3.63, 3.8) is 0 Å². The van der Waals surface area contributed by atoms with Crippen molar-refractivity contribution < 1.29 is 9.53 Å². The van der Waals surface area contributed by atoms with Crippen LogP contribution in [-0.2, 0) is 4.74 Å². The average molecular weight is 357 g/mol. The third-order valence-electron chi connectivity index (χ3n) is 6.15. The fourth-order valence-corrected chi connectivity index (χ4v) is 4.62. The molecule has 2 spiro atoms. The number of hydrogen-bond donors (Lipinski definition) is 0. The normalized spacial score (nSPS) is 28.0. The summed E-state index contributed by atoms with van der Waals surface area (Å²) in [6.07, 6.45) is 5.67. The van der Waals surface area contributed by atoms with Crippen LogP contribution in [0.2, 0.25) is 0 Å². The molecule has 2 heterocycles. The van der Waals surface area contributed by atoms with Crippen LogP contribution >= 0.6 is 0 Å². The molecule has 0 aromatic heterocycles. The van der Waals surface area contributed by atoms with Gasteiger partial charge in [0.05, 0.1) is 24.3 Å². The van der Waals surface area contributed by atoms with E-state index >= 15 is 0 Å². The van der Waals surface area contributed by atoms with E-state index in [4.69, 9.17) is 4.74 Å². The first-order chi connectivity index (χ1) is 12.5. The number of rotatable bonds is 4. The zero-order valence-electron chi connectivity index (χ0n) is 16.2. The Bertz CT molecular complexity index is 641. The second-order valence-corrected chi connectivity index (χ2v) is 9.06. The highest BCUT2D eigenvalue weighted by Gasteiger charge is 2.57. The molecule has 1 saturated carbocycles. The third-order valence-corrected chi connectivity index (χ3v) is 6.15. The number of carbonyl (C=O) groups is 1. The minimum atomic E-state index is -0.172. The summed E-state index contributed by atoms with van der Waals surface area (Å²) in [5.74, 6) is 0.893. The third kappa shape index (κ3) is 3.81. The molecule has 2 aliphatic heterocycles. The van der Waals surface area contributed by atoms with Gasteiger partial charge in [0, 0.05) is 12.1 Å². The summed E-state index contributed by atoms with van der Waals surface area (Å²) in [5.41, 5.74) is 0.561. The molecule has 1 aromatic rings. The Morgan fingerprint density at radius 1 is 1.08 bits per heavy atom. The van der Waals surface area contributed by atoms with Gasteiger partial charge in [-0.2, -0.15) is 0 Å². The highest BCUT2D eigenvalue weighted by molar-refractivity contribution is 5.94. The summed E-state index contributed by atoms with van der Waals surface area (Å²) >= 11 is 0. The lowest BCUT2D eigenvalue weighted by Crippen LogP contribution is -2.64. The van der Waals surface area contributed by atoms with Gasteiger partial charge in [-0.25, -0.2) is 0 Å². The van der Waals surface area contributed by atoms with Crippen molar-refractivity contribution >= 4 is 5.91 Å². The summed E-state index contributed by atoms with van der Waals surface area (Å²) in [6.45, 7) is 9.35. The smallest absolute Gasteiger partial charge is 0.254 e. The molecule has 26 heavy (non-hydrogen) atoms. The maximum Gasteiger partial charge on any atom is 0.254 e. The van der Waals surface area contributed by atoms with E-state index in [1.807, 2.05) is 30.3 Å². The van der Waals surface area contributed by atoms with Crippen LogP contribution in [0.4, 0.5) is 0 Å². The number of likely N-dealkylation sites (tertiary alicyclic amines) is 1. The van der Waals surface area contributed by atoms with Crippen molar-refractivity contribution in [2.75, 3.05) is 32.7 Å². The van der Waals surface area contributed by atoms with Crippen LogP contribution < -0.4 is 0 Å². The van der Waals surface area contributed by atoms with E-state index in [1.54, 1.807) is 0 Å². The Balaban J connectivity index is 1.50. The zero-order chi connectivity index (χ0) is 18.2. The molecule has 4 heteroatoms. The molecule has 1 unspecified atom stereocenters. The van der Waals surface area contributed by atoms with Gasteiger partial charge in [-0.1, -0.05) is 32.0 Å². The Morgan fingerprint density at radius 2 is 1.81 bits per heavy atom. The van der Waals surface area contributed by atoms with Crippen molar-refractivity contribution in [3.8, 4) is 0 Å². The van der Waals surface area contributed by atoms with E-state index in [-0.39, 0.29) is 17.1 Å². The van der Waals surface area contributed by atoms with Crippen molar-refractivity contribution in [3.05, 3.63) is 35.9 Å². The molecule has 4 nitrogen and oxygen atoms in total. The minimum absolute atomic E-state index is 0.0657. The first-order valence-electron chi connectivity index (χ1n) is 10.3. The van der Waals surface area contributed by atoms with Gasteiger partial charge < -0.3 is 14.5 Å². The van der Waals surface area contributed by atoms with Gasteiger partial charge in [-0.15, -0.1) is 0 Å². The average Bonchev–Trinajstić information content (AvgIpc) is 3.37. The van der Waals surface area contributed by atoms with Crippen molar-refractivity contribution in [1.82, 2.24) is 9.80 Å². The molecular weight excluding hydrogens is 324 g/mol. The Hall–Kier alpha value is -1.39. The summed E-state index contributed by atoms with van der Waals surface area (Å²) in [6, 6.07) is 9.72. The molecule has 3 aliphatic rings. The topological polar surface area (TPSA) is 32.8 Å². The zero-order valence-corrected chi connectivity index (χ0v) is 16.2. The summed E-state index contributed by atoms with van der Waals surface area (Å²) in [5, 5.41) is 0. The van der Waals surface area contributed by atoms with Gasteiger partial charge in [0.1, 0.15) is 0 Å². The van der Waals surface area contributed by atoms with E-state index in [1.165, 1.54) is 12.8 Å². The molecule has 3 fully saturated rings. The largest absolute Gasteiger partial charge is 0.364 e. The van der Waals surface area contributed by atoms with Crippen LogP contribution in [0, 0.1) is 5.92 Å². The Labute approximate surface area is 157 Å². The van der Waals surface area contributed by atoms with Crippen LogP contribution in [0.25, 0.3) is 0 Å². The molecular formula is C22H32N2O2. The highest BCUT2D eigenvalue weighted by Crippen LogP contribution is 2.48. The molecule has 0 N–H and O–H groups in total.